The molecule has 0 saturated carbocycles. The van der Waals surface area contributed by atoms with Gasteiger partial charge in [0.25, 0.3) is 0 Å². The Morgan fingerprint density at radius 1 is 1.35 bits per heavy atom. The molecule has 0 amide bonds. The summed E-state index contributed by atoms with van der Waals surface area (Å²) < 4.78 is 0. The summed E-state index contributed by atoms with van der Waals surface area (Å²) in [6.07, 6.45) is 7.53. The Kier molecular flexibility index (Phi) is 6.22. The molecule has 138 valence electrons. The van der Waals surface area contributed by atoms with Crippen molar-refractivity contribution in [2.24, 2.45) is 5.73 Å². The molecular formula is C21H27N3S2. The number of nitrogens with one attached hydrogen (secondary N) is 1. The molecule has 0 bridgehead atoms. The number of fused-ring (bicyclic) bond motifs is 1. The van der Waals surface area contributed by atoms with Crippen LogP contribution in [0.3, 0.4) is 0 Å². The normalized spacial score (nSPS) is 15.7. The van der Waals surface area contributed by atoms with Crippen molar-refractivity contribution in [1.29, 1.82) is 0 Å². The van der Waals surface area contributed by atoms with Crippen LogP contribution in [0.2, 0.25) is 0 Å². The van der Waals surface area contributed by atoms with Crippen LogP contribution in [0.1, 0.15) is 58.3 Å². The van der Waals surface area contributed by atoms with Gasteiger partial charge < -0.3 is 11.1 Å². The molecule has 0 radical (unpaired) electrons. The minimum atomic E-state index is 0.414. The van der Waals surface area contributed by atoms with Gasteiger partial charge >= 0.3 is 0 Å². The number of nitrogens with two attached hydrogens (primary N) is 1. The van der Waals surface area contributed by atoms with Gasteiger partial charge in [0.05, 0.1) is 4.86 Å². The lowest BCUT2D eigenvalue weighted by Gasteiger charge is -2.19. The third kappa shape index (κ3) is 3.75. The number of thiocarbonyl (C=S) groups is 1. The number of likely N-dealkylation sites (N-methyl/N-ethyl adjacent to an activating group) is 1. The molecule has 3 N–H and O–H groups in total. The number of thiophene rings is 1. The molecule has 0 aliphatic heterocycles. The summed E-state index contributed by atoms with van der Waals surface area (Å²) in [4.78, 5) is 8.41. The van der Waals surface area contributed by atoms with Crippen LogP contribution in [-0.2, 0) is 19.3 Å². The van der Waals surface area contributed by atoms with Crippen LogP contribution in [0.15, 0.2) is 30.1 Å². The van der Waals surface area contributed by atoms with Gasteiger partial charge in [-0.25, -0.2) is 0 Å². The van der Waals surface area contributed by atoms with E-state index in [0.29, 0.717) is 5.92 Å². The van der Waals surface area contributed by atoms with Crippen molar-refractivity contribution in [3.63, 3.8) is 0 Å². The monoisotopic (exact) mass is 385 g/mol. The minimum Gasteiger partial charge on any atom is -0.404 e. The highest BCUT2D eigenvalue weighted by molar-refractivity contribution is 7.81. The van der Waals surface area contributed by atoms with Gasteiger partial charge in [-0.3, -0.25) is 4.98 Å². The van der Waals surface area contributed by atoms with E-state index in [1.165, 1.54) is 32.1 Å². The fourth-order valence-electron chi connectivity index (χ4n) is 3.65. The number of hydrogen-bond acceptors (Lipinski definition) is 5. The highest BCUT2D eigenvalue weighted by atomic mass is 32.1. The van der Waals surface area contributed by atoms with Crippen LogP contribution in [0.25, 0.3) is 0 Å². The number of hydrogen-bond donors (Lipinski definition) is 2. The van der Waals surface area contributed by atoms with Gasteiger partial charge in [-0.15, -0.1) is 11.3 Å². The molecule has 26 heavy (non-hydrogen) atoms. The molecule has 0 saturated heterocycles. The average Bonchev–Trinajstić information content (AvgIpc) is 2.99. The Morgan fingerprint density at radius 3 is 2.85 bits per heavy atom. The lowest BCUT2D eigenvalue weighted by Crippen LogP contribution is -2.16. The molecule has 5 heteroatoms. The predicted octanol–water partition coefficient (Wildman–Crippen LogP) is 4.13. The van der Waals surface area contributed by atoms with E-state index >= 15 is 0 Å². The van der Waals surface area contributed by atoms with Crippen LogP contribution in [-0.4, -0.2) is 23.4 Å². The van der Waals surface area contributed by atoms with E-state index < -0.39 is 0 Å². The maximum absolute atomic E-state index is 5.84. The number of allylic oxidation sites excluding steroid dienone is 1. The summed E-state index contributed by atoms with van der Waals surface area (Å²) in [6, 6.07) is 4.24. The van der Waals surface area contributed by atoms with E-state index in [2.05, 4.69) is 30.2 Å². The first kappa shape index (κ1) is 19.2. The van der Waals surface area contributed by atoms with Gasteiger partial charge in [0, 0.05) is 33.6 Å². The summed E-state index contributed by atoms with van der Waals surface area (Å²) >= 11 is 7.75. The molecule has 0 spiro atoms. The highest BCUT2D eigenvalue weighted by Gasteiger charge is 2.27. The largest absolute Gasteiger partial charge is 0.404 e. The molecule has 0 atom stereocenters. The Hall–Kier alpha value is -1.56. The van der Waals surface area contributed by atoms with Gasteiger partial charge in [-0.1, -0.05) is 32.1 Å². The number of rotatable bonds is 6. The molecule has 2 aromatic rings. The first-order valence-corrected chi connectivity index (χ1v) is 10.5. The molecule has 3 rings (SSSR count). The lowest BCUT2D eigenvalue weighted by molar-refractivity contribution is 0.790. The molecule has 0 unspecified atom stereocenters. The van der Waals surface area contributed by atoms with Crippen molar-refractivity contribution in [2.75, 3.05) is 13.6 Å². The zero-order chi connectivity index (χ0) is 18.7. The van der Waals surface area contributed by atoms with E-state index in [9.17, 15) is 0 Å². The van der Waals surface area contributed by atoms with Crippen molar-refractivity contribution >= 4 is 28.4 Å². The first-order valence-electron chi connectivity index (χ1n) is 9.24. The van der Waals surface area contributed by atoms with E-state index in [4.69, 9.17) is 18.0 Å². The van der Waals surface area contributed by atoms with Crippen molar-refractivity contribution in [3.05, 3.63) is 62.2 Å². The maximum atomic E-state index is 5.84. The van der Waals surface area contributed by atoms with Gasteiger partial charge in [0.2, 0.25) is 0 Å². The van der Waals surface area contributed by atoms with Gasteiger partial charge in [-0.05, 0) is 67.7 Å². The summed E-state index contributed by atoms with van der Waals surface area (Å²) in [6.45, 7) is 5.39. The van der Waals surface area contributed by atoms with Crippen molar-refractivity contribution < 1.29 is 0 Å². The zero-order valence-electron chi connectivity index (χ0n) is 15.8. The van der Waals surface area contributed by atoms with Gasteiger partial charge in [0.15, 0.2) is 0 Å². The molecule has 0 aromatic carbocycles. The molecule has 0 fully saturated rings. The van der Waals surface area contributed by atoms with Crippen LogP contribution in [0, 0.1) is 0 Å². The smallest absolute Gasteiger partial charge is 0.0510 e. The van der Waals surface area contributed by atoms with E-state index in [1.54, 1.807) is 6.20 Å². The summed E-state index contributed by atoms with van der Waals surface area (Å²) in [7, 11) is 2.01. The molecule has 3 nitrogen and oxygen atoms in total. The fourth-order valence-corrected chi connectivity index (χ4v) is 5.51. The molecular weight excluding hydrogens is 358 g/mol. The number of nitrogens with zero attached hydrogens (tertiary/aromatic N) is 1. The highest BCUT2D eigenvalue weighted by Crippen LogP contribution is 2.38. The molecule has 1 aliphatic rings. The number of pyridine rings is 1. The molecule has 2 aromatic heterocycles. The van der Waals surface area contributed by atoms with Crippen molar-refractivity contribution in [3.8, 4) is 0 Å². The molecule has 2 heterocycles. The Balaban J connectivity index is 2.05. The Bertz CT molecular complexity index is 834. The molecule has 1 aliphatic carbocycles. The van der Waals surface area contributed by atoms with E-state index in [1.807, 2.05) is 30.6 Å². The minimum absolute atomic E-state index is 0.414. The quantitative estimate of drug-likeness (QED) is 0.580. The second-order valence-electron chi connectivity index (χ2n) is 7.06. The van der Waals surface area contributed by atoms with Gasteiger partial charge in [-0.2, -0.15) is 0 Å². The second kappa shape index (κ2) is 8.42. The third-order valence-corrected chi connectivity index (χ3v) is 6.71. The van der Waals surface area contributed by atoms with Crippen LogP contribution in [0.4, 0.5) is 0 Å². The fraction of sp³-hybridized carbons (Fsp3) is 0.429. The zero-order valence-corrected chi connectivity index (χ0v) is 17.4. The second-order valence-corrected chi connectivity index (χ2v) is 8.65. The first-order chi connectivity index (χ1) is 12.6. The van der Waals surface area contributed by atoms with Crippen LogP contribution >= 0.6 is 23.6 Å². The van der Waals surface area contributed by atoms with Gasteiger partial charge in [0.1, 0.15) is 0 Å². The van der Waals surface area contributed by atoms with Crippen LogP contribution < -0.4 is 11.1 Å². The lowest BCUT2D eigenvalue weighted by atomic mass is 9.86. The Morgan fingerprint density at radius 2 is 2.15 bits per heavy atom. The maximum Gasteiger partial charge on any atom is 0.0510 e. The topological polar surface area (TPSA) is 50.9 Å². The van der Waals surface area contributed by atoms with Crippen LogP contribution in [0.5, 0.6) is 0 Å². The summed E-state index contributed by atoms with van der Waals surface area (Å²) in [5.41, 5.74) is 12.2. The summed E-state index contributed by atoms with van der Waals surface area (Å²) in [5.74, 6) is 0.414. The van der Waals surface area contributed by atoms with Crippen molar-refractivity contribution in [1.82, 2.24) is 10.3 Å². The third-order valence-electron chi connectivity index (χ3n) is 4.95. The summed E-state index contributed by atoms with van der Waals surface area (Å²) in [5, 5.41) is 3.27. The van der Waals surface area contributed by atoms with Crippen molar-refractivity contribution in [2.45, 2.75) is 45.4 Å². The average molecular weight is 386 g/mol. The van der Waals surface area contributed by atoms with E-state index in [-0.39, 0.29) is 0 Å². The number of aromatic nitrogens is 1. The predicted molar refractivity (Wildman–Crippen MR) is 115 cm³/mol. The SMILES string of the molecule is CNCCc1sc(Cc2cccnc2C(C)C)c2c1CCC(=CN)C2=S. The standard InChI is InChI=1S/C21H27N3S2/c1-13(2)20-14(5-4-9-24-20)11-18-19-16(17(26-18)8-10-23-3)7-6-15(12-22)21(19)25/h4-5,9,12-13,23H,6-8,10-11,22H2,1-3H3. The van der Waals surface area contributed by atoms with E-state index in [0.717, 1.165) is 42.7 Å². The Labute approximate surface area is 165 Å².